The number of ether oxygens (including phenoxy) is 1. The van der Waals surface area contributed by atoms with Crippen molar-refractivity contribution in [2.45, 2.75) is 25.4 Å². The van der Waals surface area contributed by atoms with Crippen LogP contribution in [0, 0.1) is 6.92 Å². The summed E-state index contributed by atoms with van der Waals surface area (Å²) < 4.78 is 6.15. The van der Waals surface area contributed by atoms with Crippen LogP contribution >= 0.6 is 11.3 Å². The number of thiazole rings is 1. The molecular weight excluding hydrogens is 338 g/mol. The second-order valence-corrected chi connectivity index (χ2v) is 7.61. The van der Waals surface area contributed by atoms with Gasteiger partial charge in [-0.25, -0.2) is 15.0 Å². The van der Waals surface area contributed by atoms with Gasteiger partial charge in [0.2, 0.25) is 5.95 Å². The SMILES string of the molecule is Cc1nc(C(=O)N2CCC3(CC2)CN(c2ncccn2)CCO3)cs1. The maximum atomic E-state index is 12.6. The zero-order valence-corrected chi connectivity index (χ0v) is 15.0. The summed E-state index contributed by atoms with van der Waals surface area (Å²) in [5, 5.41) is 2.76. The molecule has 25 heavy (non-hydrogen) atoms. The van der Waals surface area contributed by atoms with Crippen LogP contribution in [-0.4, -0.2) is 64.1 Å². The van der Waals surface area contributed by atoms with Gasteiger partial charge in [-0.3, -0.25) is 4.79 Å². The molecule has 0 aromatic carbocycles. The minimum atomic E-state index is -0.216. The molecule has 132 valence electrons. The number of aryl methyl sites for hydroxylation is 1. The molecule has 0 bridgehead atoms. The summed E-state index contributed by atoms with van der Waals surface area (Å²) in [5.41, 5.74) is 0.342. The molecule has 0 radical (unpaired) electrons. The van der Waals surface area contributed by atoms with Gasteiger partial charge >= 0.3 is 0 Å². The van der Waals surface area contributed by atoms with Gasteiger partial charge in [0.05, 0.1) is 23.8 Å². The predicted molar refractivity (Wildman–Crippen MR) is 94.9 cm³/mol. The minimum absolute atomic E-state index is 0.0262. The zero-order valence-electron chi connectivity index (χ0n) is 14.2. The van der Waals surface area contributed by atoms with Crippen LogP contribution in [0.25, 0.3) is 0 Å². The lowest BCUT2D eigenvalue weighted by Gasteiger charge is -2.47. The number of amides is 1. The highest BCUT2D eigenvalue weighted by atomic mass is 32.1. The number of nitrogens with zero attached hydrogens (tertiary/aromatic N) is 5. The Morgan fingerprint density at radius 3 is 2.68 bits per heavy atom. The van der Waals surface area contributed by atoms with Crippen LogP contribution in [0.3, 0.4) is 0 Å². The van der Waals surface area contributed by atoms with Gasteiger partial charge in [0.1, 0.15) is 5.69 Å². The number of carbonyl (C=O) groups excluding carboxylic acids is 1. The van der Waals surface area contributed by atoms with Crippen molar-refractivity contribution in [1.82, 2.24) is 19.9 Å². The lowest BCUT2D eigenvalue weighted by Crippen LogP contribution is -2.58. The average molecular weight is 359 g/mol. The fourth-order valence-corrected chi connectivity index (χ4v) is 4.10. The van der Waals surface area contributed by atoms with E-state index in [4.69, 9.17) is 4.74 Å². The summed E-state index contributed by atoms with van der Waals surface area (Å²) in [6.45, 7) is 5.54. The van der Waals surface area contributed by atoms with Crippen LogP contribution in [0.1, 0.15) is 28.3 Å². The third-order valence-electron chi connectivity index (χ3n) is 4.88. The highest BCUT2D eigenvalue weighted by Crippen LogP contribution is 2.31. The third-order valence-corrected chi connectivity index (χ3v) is 5.66. The van der Waals surface area contributed by atoms with Gasteiger partial charge in [0.25, 0.3) is 5.91 Å². The summed E-state index contributed by atoms with van der Waals surface area (Å²) in [6, 6.07) is 1.82. The number of hydrogen-bond acceptors (Lipinski definition) is 7. The fourth-order valence-electron chi connectivity index (χ4n) is 3.51. The molecule has 2 fully saturated rings. The van der Waals surface area contributed by atoms with E-state index in [0.717, 1.165) is 36.9 Å². The molecule has 2 aliphatic heterocycles. The molecule has 0 unspecified atom stereocenters. The number of piperidine rings is 1. The lowest BCUT2D eigenvalue weighted by atomic mass is 9.89. The Morgan fingerprint density at radius 2 is 2.00 bits per heavy atom. The Balaban J connectivity index is 1.41. The van der Waals surface area contributed by atoms with E-state index in [0.29, 0.717) is 25.4 Å². The number of rotatable bonds is 2. The van der Waals surface area contributed by atoms with E-state index in [9.17, 15) is 4.79 Å². The third kappa shape index (κ3) is 3.36. The van der Waals surface area contributed by atoms with E-state index >= 15 is 0 Å². The van der Waals surface area contributed by atoms with Crippen LogP contribution < -0.4 is 4.90 Å². The van der Waals surface area contributed by atoms with Gasteiger partial charge in [-0.1, -0.05) is 0 Å². The topological polar surface area (TPSA) is 71.5 Å². The normalized spacial score (nSPS) is 20.0. The van der Waals surface area contributed by atoms with Crippen molar-refractivity contribution in [1.29, 1.82) is 0 Å². The van der Waals surface area contributed by atoms with E-state index in [1.807, 2.05) is 23.3 Å². The van der Waals surface area contributed by atoms with Crippen molar-refractivity contribution in [3.05, 3.63) is 34.5 Å². The highest BCUT2D eigenvalue weighted by molar-refractivity contribution is 7.09. The largest absolute Gasteiger partial charge is 0.371 e. The zero-order chi connectivity index (χ0) is 17.3. The van der Waals surface area contributed by atoms with E-state index in [1.165, 1.54) is 11.3 Å². The first-order chi connectivity index (χ1) is 12.2. The summed E-state index contributed by atoms with van der Waals surface area (Å²) in [7, 11) is 0. The summed E-state index contributed by atoms with van der Waals surface area (Å²) in [5.74, 6) is 0.778. The average Bonchev–Trinajstić information content (AvgIpc) is 3.09. The number of anilines is 1. The Bertz CT molecular complexity index is 743. The van der Waals surface area contributed by atoms with E-state index in [-0.39, 0.29) is 11.5 Å². The van der Waals surface area contributed by atoms with Crippen LogP contribution in [-0.2, 0) is 4.74 Å². The number of morpholine rings is 1. The molecule has 4 rings (SSSR count). The number of likely N-dealkylation sites (tertiary alicyclic amines) is 1. The number of carbonyl (C=O) groups is 1. The van der Waals surface area contributed by atoms with Gasteiger partial charge in [0, 0.05) is 37.4 Å². The van der Waals surface area contributed by atoms with Crippen molar-refractivity contribution in [3.8, 4) is 0 Å². The molecule has 4 heterocycles. The van der Waals surface area contributed by atoms with Gasteiger partial charge < -0.3 is 14.5 Å². The molecule has 2 aromatic rings. The molecule has 0 aliphatic carbocycles. The van der Waals surface area contributed by atoms with Crippen LogP contribution in [0.2, 0.25) is 0 Å². The van der Waals surface area contributed by atoms with Crippen LogP contribution in [0.4, 0.5) is 5.95 Å². The summed E-state index contributed by atoms with van der Waals surface area (Å²) in [4.78, 5) is 29.7. The minimum Gasteiger partial charge on any atom is -0.371 e. The Morgan fingerprint density at radius 1 is 1.24 bits per heavy atom. The monoisotopic (exact) mass is 359 g/mol. The second-order valence-electron chi connectivity index (χ2n) is 6.55. The molecule has 2 saturated heterocycles. The van der Waals surface area contributed by atoms with Crippen LogP contribution in [0.15, 0.2) is 23.8 Å². The van der Waals surface area contributed by atoms with Gasteiger partial charge in [-0.15, -0.1) is 11.3 Å². The smallest absolute Gasteiger partial charge is 0.273 e. The van der Waals surface area contributed by atoms with Gasteiger partial charge in [-0.2, -0.15) is 0 Å². The molecule has 1 spiro atoms. The Kier molecular flexibility index (Phi) is 4.39. The quantitative estimate of drug-likeness (QED) is 0.814. The van der Waals surface area contributed by atoms with Crippen molar-refractivity contribution in [2.24, 2.45) is 0 Å². The lowest BCUT2D eigenvalue weighted by molar-refractivity contribution is -0.0872. The van der Waals surface area contributed by atoms with Crippen molar-refractivity contribution in [2.75, 3.05) is 37.7 Å². The van der Waals surface area contributed by atoms with Gasteiger partial charge in [0.15, 0.2) is 0 Å². The van der Waals surface area contributed by atoms with Crippen molar-refractivity contribution < 1.29 is 9.53 Å². The van der Waals surface area contributed by atoms with E-state index in [1.54, 1.807) is 12.4 Å². The molecular formula is C17H21N5O2S. The Labute approximate surface area is 150 Å². The number of aromatic nitrogens is 3. The maximum absolute atomic E-state index is 12.6. The van der Waals surface area contributed by atoms with Crippen LogP contribution in [0.5, 0.6) is 0 Å². The van der Waals surface area contributed by atoms with E-state index in [2.05, 4.69) is 19.9 Å². The molecule has 8 heteroatoms. The fraction of sp³-hybridized carbons (Fsp3) is 0.529. The van der Waals surface area contributed by atoms with E-state index < -0.39 is 0 Å². The second kappa shape index (κ2) is 6.68. The first-order valence-corrected chi connectivity index (χ1v) is 9.41. The standard InChI is InChI=1S/C17H21N5O2S/c1-13-20-14(11-25-13)15(23)21-7-3-17(4-8-21)12-22(9-10-24-17)16-18-5-2-6-19-16/h2,5-6,11H,3-4,7-10,12H2,1H3. The molecule has 1 amide bonds. The first kappa shape index (κ1) is 16.4. The van der Waals surface area contributed by atoms with Crippen molar-refractivity contribution in [3.63, 3.8) is 0 Å². The first-order valence-electron chi connectivity index (χ1n) is 8.53. The van der Waals surface area contributed by atoms with Crippen molar-refractivity contribution >= 4 is 23.2 Å². The molecule has 7 nitrogen and oxygen atoms in total. The summed E-state index contributed by atoms with van der Waals surface area (Å²) >= 11 is 1.51. The Hall–Kier alpha value is -2.06. The summed E-state index contributed by atoms with van der Waals surface area (Å²) in [6.07, 6.45) is 5.18. The number of hydrogen-bond donors (Lipinski definition) is 0. The predicted octanol–water partition coefficient (Wildman–Crippen LogP) is 1.75. The van der Waals surface area contributed by atoms with Gasteiger partial charge in [-0.05, 0) is 25.8 Å². The molecule has 2 aromatic heterocycles. The maximum Gasteiger partial charge on any atom is 0.273 e. The molecule has 0 N–H and O–H groups in total. The highest BCUT2D eigenvalue weighted by Gasteiger charge is 2.41. The molecule has 0 atom stereocenters. The molecule has 0 saturated carbocycles. The molecule has 2 aliphatic rings.